The number of hydrogen-bond acceptors (Lipinski definition) is 1. The van der Waals surface area contributed by atoms with E-state index >= 15 is 0 Å². The number of nitrogens with two attached hydrogens (primary N) is 1. The summed E-state index contributed by atoms with van der Waals surface area (Å²) in [7, 11) is 0. The van der Waals surface area contributed by atoms with Crippen LogP contribution in [0.1, 0.15) is 31.2 Å². The van der Waals surface area contributed by atoms with Crippen molar-refractivity contribution in [1.82, 2.24) is 0 Å². The maximum absolute atomic E-state index is 14.7. The van der Waals surface area contributed by atoms with Crippen molar-refractivity contribution in [2.45, 2.75) is 37.4 Å². The highest BCUT2D eigenvalue weighted by Gasteiger charge is 2.38. The first kappa shape index (κ1) is 13.2. The van der Waals surface area contributed by atoms with Crippen LogP contribution in [0.3, 0.4) is 0 Å². The van der Waals surface area contributed by atoms with Crippen LogP contribution in [0.25, 0.3) is 0 Å². The van der Waals surface area contributed by atoms with Crippen molar-refractivity contribution in [3.05, 3.63) is 33.0 Å². The summed E-state index contributed by atoms with van der Waals surface area (Å²) >= 11 is 8.90. The molecule has 94 valence electrons. The lowest BCUT2D eigenvalue weighted by atomic mass is 9.79. The van der Waals surface area contributed by atoms with Gasteiger partial charge in [-0.05, 0) is 47.7 Å². The van der Waals surface area contributed by atoms with E-state index in [1.54, 1.807) is 6.07 Å². The first-order valence-corrected chi connectivity index (χ1v) is 6.69. The van der Waals surface area contributed by atoms with E-state index in [-0.39, 0.29) is 29.5 Å². The SMILES string of the molecule is NC1CCC(F)(c2ccc(Br)c(Cl)c2F)CC1. The van der Waals surface area contributed by atoms with Gasteiger partial charge in [0.1, 0.15) is 11.5 Å². The summed E-state index contributed by atoms with van der Waals surface area (Å²) < 4.78 is 29.1. The van der Waals surface area contributed by atoms with E-state index in [2.05, 4.69) is 15.9 Å². The van der Waals surface area contributed by atoms with Crippen LogP contribution in [0.15, 0.2) is 16.6 Å². The molecule has 0 spiro atoms. The molecule has 1 aromatic rings. The zero-order chi connectivity index (χ0) is 12.6. The van der Waals surface area contributed by atoms with Crippen LogP contribution in [0.5, 0.6) is 0 Å². The highest BCUT2D eigenvalue weighted by Crippen LogP contribution is 2.43. The molecule has 1 fully saturated rings. The van der Waals surface area contributed by atoms with E-state index in [4.69, 9.17) is 17.3 Å². The Hall–Kier alpha value is -0.190. The first-order valence-electron chi connectivity index (χ1n) is 5.52. The molecule has 0 aromatic heterocycles. The molecule has 0 unspecified atom stereocenters. The van der Waals surface area contributed by atoms with Crippen molar-refractivity contribution in [2.75, 3.05) is 0 Å². The third kappa shape index (κ3) is 2.49. The van der Waals surface area contributed by atoms with Gasteiger partial charge in [0.15, 0.2) is 0 Å². The number of benzene rings is 1. The highest BCUT2D eigenvalue weighted by molar-refractivity contribution is 9.10. The molecule has 2 rings (SSSR count). The minimum atomic E-state index is -1.63. The van der Waals surface area contributed by atoms with Crippen molar-refractivity contribution in [3.63, 3.8) is 0 Å². The Morgan fingerprint density at radius 1 is 1.35 bits per heavy atom. The number of alkyl halides is 1. The molecule has 1 saturated carbocycles. The highest BCUT2D eigenvalue weighted by atomic mass is 79.9. The minimum absolute atomic E-state index is 0.0212. The number of rotatable bonds is 1. The van der Waals surface area contributed by atoms with E-state index < -0.39 is 11.5 Å². The third-order valence-electron chi connectivity index (χ3n) is 3.34. The molecular weight excluding hydrogens is 311 g/mol. The molecule has 1 aliphatic carbocycles. The normalized spacial score (nSPS) is 29.4. The van der Waals surface area contributed by atoms with Crippen molar-refractivity contribution in [3.8, 4) is 0 Å². The summed E-state index contributed by atoms with van der Waals surface area (Å²) in [5.74, 6) is -0.668. The van der Waals surface area contributed by atoms with Crippen LogP contribution in [0.2, 0.25) is 5.02 Å². The van der Waals surface area contributed by atoms with Gasteiger partial charge in [0.2, 0.25) is 0 Å². The lowest BCUT2D eigenvalue weighted by Crippen LogP contribution is -2.34. The maximum Gasteiger partial charge on any atom is 0.149 e. The van der Waals surface area contributed by atoms with Gasteiger partial charge < -0.3 is 5.73 Å². The molecule has 0 radical (unpaired) electrons. The number of hydrogen-bond donors (Lipinski definition) is 1. The summed E-state index contributed by atoms with van der Waals surface area (Å²) in [4.78, 5) is 0. The molecule has 17 heavy (non-hydrogen) atoms. The monoisotopic (exact) mass is 323 g/mol. The third-order valence-corrected chi connectivity index (χ3v) is 4.60. The Morgan fingerprint density at radius 2 is 1.94 bits per heavy atom. The molecule has 2 N–H and O–H groups in total. The molecule has 0 saturated heterocycles. The zero-order valence-electron chi connectivity index (χ0n) is 9.15. The fraction of sp³-hybridized carbons (Fsp3) is 0.500. The smallest absolute Gasteiger partial charge is 0.149 e. The molecule has 0 heterocycles. The van der Waals surface area contributed by atoms with Crippen LogP contribution in [-0.4, -0.2) is 6.04 Å². The van der Waals surface area contributed by atoms with Crippen LogP contribution < -0.4 is 5.73 Å². The van der Waals surface area contributed by atoms with Crippen molar-refractivity contribution in [2.24, 2.45) is 5.73 Å². The van der Waals surface area contributed by atoms with Gasteiger partial charge in [-0.3, -0.25) is 0 Å². The van der Waals surface area contributed by atoms with Crippen LogP contribution in [0, 0.1) is 5.82 Å². The largest absolute Gasteiger partial charge is 0.328 e. The molecule has 0 bridgehead atoms. The van der Waals surface area contributed by atoms with E-state index in [0.717, 1.165) is 0 Å². The molecular formula is C12H13BrClF2N. The second-order valence-corrected chi connectivity index (χ2v) is 5.76. The van der Waals surface area contributed by atoms with Gasteiger partial charge in [0.25, 0.3) is 0 Å². The van der Waals surface area contributed by atoms with E-state index in [0.29, 0.717) is 17.3 Å². The van der Waals surface area contributed by atoms with Gasteiger partial charge in [-0.25, -0.2) is 8.78 Å². The Kier molecular flexibility index (Phi) is 3.76. The standard InChI is InChI=1S/C12H13BrClF2N/c13-9-2-1-8(11(15)10(9)14)12(16)5-3-7(17)4-6-12/h1-2,7H,3-6,17H2. The van der Waals surface area contributed by atoms with Gasteiger partial charge in [-0.2, -0.15) is 0 Å². The van der Waals surface area contributed by atoms with E-state index in [9.17, 15) is 8.78 Å². The molecule has 1 aromatic carbocycles. The van der Waals surface area contributed by atoms with Gasteiger partial charge in [0, 0.05) is 16.1 Å². The summed E-state index contributed by atoms with van der Waals surface area (Å²) in [6.45, 7) is 0. The van der Waals surface area contributed by atoms with Gasteiger partial charge in [-0.15, -0.1) is 0 Å². The summed E-state index contributed by atoms with van der Waals surface area (Å²) in [5.41, 5.74) is 4.15. The quantitative estimate of drug-likeness (QED) is 0.766. The maximum atomic E-state index is 14.7. The van der Waals surface area contributed by atoms with Gasteiger partial charge >= 0.3 is 0 Å². The fourth-order valence-electron chi connectivity index (χ4n) is 2.24. The lowest BCUT2D eigenvalue weighted by molar-refractivity contribution is 0.0935. The second kappa shape index (κ2) is 4.82. The fourth-order valence-corrected chi connectivity index (χ4v) is 2.71. The van der Waals surface area contributed by atoms with E-state index in [1.165, 1.54) is 6.07 Å². The summed E-state index contributed by atoms with van der Waals surface area (Å²) in [6, 6.07) is 3.06. The molecule has 0 aliphatic heterocycles. The summed E-state index contributed by atoms with van der Waals surface area (Å²) in [5, 5.41) is -0.0607. The molecule has 0 atom stereocenters. The predicted molar refractivity (Wildman–Crippen MR) is 68.3 cm³/mol. The molecule has 1 nitrogen and oxygen atoms in total. The lowest BCUT2D eigenvalue weighted by Gasteiger charge is -2.33. The predicted octanol–water partition coefficient (Wildman–Crippen LogP) is 4.31. The molecule has 1 aliphatic rings. The number of halogens is 4. The second-order valence-electron chi connectivity index (χ2n) is 4.53. The first-order chi connectivity index (χ1) is 7.94. The van der Waals surface area contributed by atoms with Crippen LogP contribution in [-0.2, 0) is 5.67 Å². The van der Waals surface area contributed by atoms with Crippen LogP contribution >= 0.6 is 27.5 Å². The minimum Gasteiger partial charge on any atom is -0.328 e. The average Bonchev–Trinajstić information content (AvgIpc) is 2.30. The Balaban J connectivity index is 2.37. The Labute approximate surface area is 112 Å². The average molecular weight is 325 g/mol. The molecule has 0 amide bonds. The zero-order valence-corrected chi connectivity index (χ0v) is 11.5. The van der Waals surface area contributed by atoms with Gasteiger partial charge in [0.05, 0.1) is 5.02 Å². The van der Waals surface area contributed by atoms with Crippen molar-refractivity contribution >= 4 is 27.5 Å². The molecule has 5 heteroatoms. The van der Waals surface area contributed by atoms with Gasteiger partial charge in [-0.1, -0.05) is 17.7 Å². The Morgan fingerprint density at radius 3 is 2.53 bits per heavy atom. The van der Waals surface area contributed by atoms with Crippen molar-refractivity contribution in [1.29, 1.82) is 0 Å². The Bertz CT molecular complexity index is 431. The van der Waals surface area contributed by atoms with Crippen molar-refractivity contribution < 1.29 is 8.78 Å². The van der Waals surface area contributed by atoms with E-state index in [1.807, 2.05) is 0 Å². The topological polar surface area (TPSA) is 26.0 Å². The summed E-state index contributed by atoms with van der Waals surface area (Å²) in [6.07, 6.45) is 1.65. The van der Waals surface area contributed by atoms with Crippen LogP contribution in [0.4, 0.5) is 8.78 Å².